The Morgan fingerprint density at radius 3 is 2.82 bits per heavy atom. The predicted molar refractivity (Wildman–Crippen MR) is 38.2 cm³/mol. The summed E-state index contributed by atoms with van der Waals surface area (Å²) >= 11 is 0. The molecular weight excluding hydrogens is 144 g/mol. The van der Waals surface area contributed by atoms with Crippen LogP contribution in [0.1, 0.15) is 26.2 Å². The molecular formula is C8H12O3. The average Bonchev–Trinajstić information content (AvgIpc) is 2.27. The summed E-state index contributed by atoms with van der Waals surface area (Å²) in [5.41, 5.74) is 0. The highest BCUT2D eigenvalue weighted by Crippen LogP contribution is 2.32. The van der Waals surface area contributed by atoms with Crippen molar-refractivity contribution in [2.24, 2.45) is 5.92 Å². The van der Waals surface area contributed by atoms with Crippen molar-refractivity contribution >= 4 is 6.16 Å². The van der Waals surface area contributed by atoms with Crippen molar-refractivity contribution in [3.63, 3.8) is 0 Å². The van der Waals surface area contributed by atoms with Crippen LogP contribution in [0.3, 0.4) is 0 Å². The summed E-state index contributed by atoms with van der Waals surface area (Å²) in [5.74, 6) is 0.672. The van der Waals surface area contributed by atoms with Gasteiger partial charge in [-0.2, -0.15) is 0 Å². The number of carbonyl (C=O) groups excluding carboxylic acids is 1. The van der Waals surface area contributed by atoms with Gasteiger partial charge in [-0.3, -0.25) is 0 Å². The molecule has 3 unspecified atom stereocenters. The largest absolute Gasteiger partial charge is 0.509 e. The van der Waals surface area contributed by atoms with Gasteiger partial charge in [0, 0.05) is 0 Å². The lowest BCUT2D eigenvalue weighted by Crippen LogP contribution is -2.29. The fraction of sp³-hybridized carbons (Fsp3) is 0.875. The van der Waals surface area contributed by atoms with E-state index in [0.29, 0.717) is 5.92 Å². The highest BCUT2D eigenvalue weighted by molar-refractivity contribution is 5.62. The van der Waals surface area contributed by atoms with Crippen LogP contribution in [-0.4, -0.2) is 18.4 Å². The van der Waals surface area contributed by atoms with Crippen LogP contribution in [0, 0.1) is 5.92 Å². The highest BCUT2D eigenvalue weighted by atomic mass is 16.8. The molecule has 1 aliphatic carbocycles. The molecule has 0 amide bonds. The number of carbonyl (C=O) groups is 1. The third-order valence-corrected chi connectivity index (χ3v) is 2.49. The Morgan fingerprint density at radius 1 is 1.27 bits per heavy atom. The molecule has 0 aromatic rings. The SMILES string of the molecule is CC1CCC2OC(=O)OC2C1. The lowest BCUT2D eigenvalue weighted by atomic mass is 9.87. The fourth-order valence-corrected chi connectivity index (χ4v) is 1.83. The monoisotopic (exact) mass is 156 g/mol. The van der Waals surface area contributed by atoms with Gasteiger partial charge >= 0.3 is 6.16 Å². The number of hydrogen-bond donors (Lipinski definition) is 0. The standard InChI is InChI=1S/C8H12O3/c1-5-2-3-6-7(4-5)11-8(9)10-6/h5-7H,2-4H2,1H3. The average molecular weight is 156 g/mol. The molecule has 2 rings (SSSR count). The molecule has 2 aliphatic rings. The molecule has 0 aromatic carbocycles. The number of hydrogen-bond acceptors (Lipinski definition) is 3. The zero-order valence-corrected chi connectivity index (χ0v) is 6.58. The van der Waals surface area contributed by atoms with Crippen LogP contribution in [0.15, 0.2) is 0 Å². The van der Waals surface area contributed by atoms with Gasteiger partial charge in [-0.25, -0.2) is 4.79 Å². The van der Waals surface area contributed by atoms with E-state index in [0.717, 1.165) is 19.3 Å². The van der Waals surface area contributed by atoms with E-state index in [9.17, 15) is 4.79 Å². The van der Waals surface area contributed by atoms with E-state index in [1.165, 1.54) is 0 Å². The first-order valence-corrected chi connectivity index (χ1v) is 4.13. The second-order valence-electron chi connectivity index (χ2n) is 3.48. The molecule has 3 heteroatoms. The van der Waals surface area contributed by atoms with E-state index in [4.69, 9.17) is 9.47 Å². The topological polar surface area (TPSA) is 35.5 Å². The zero-order chi connectivity index (χ0) is 7.84. The van der Waals surface area contributed by atoms with Crippen LogP contribution in [0.2, 0.25) is 0 Å². The maximum atomic E-state index is 10.7. The van der Waals surface area contributed by atoms with E-state index >= 15 is 0 Å². The molecule has 0 spiro atoms. The zero-order valence-electron chi connectivity index (χ0n) is 6.58. The quantitative estimate of drug-likeness (QED) is 0.501. The van der Waals surface area contributed by atoms with E-state index in [1.54, 1.807) is 0 Å². The molecule has 0 N–H and O–H groups in total. The first kappa shape index (κ1) is 6.95. The Labute approximate surface area is 65.7 Å². The van der Waals surface area contributed by atoms with Crippen LogP contribution < -0.4 is 0 Å². The maximum Gasteiger partial charge on any atom is 0.509 e. The molecule has 1 saturated heterocycles. The van der Waals surface area contributed by atoms with Gasteiger partial charge < -0.3 is 9.47 Å². The third-order valence-electron chi connectivity index (χ3n) is 2.49. The molecule has 0 radical (unpaired) electrons. The molecule has 0 aromatic heterocycles. The van der Waals surface area contributed by atoms with Crippen molar-refractivity contribution in [2.75, 3.05) is 0 Å². The van der Waals surface area contributed by atoms with E-state index in [2.05, 4.69) is 6.92 Å². The molecule has 1 saturated carbocycles. The second-order valence-corrected chi connectivity index (χ2v) is 3.48. The molecule has 1 heterocycles. The second kappa shape index (κ2) is 2.40. The highest BCUT2D eigenvalue weighted by Gasteiger charge is 2.40. The summed E-state index contributed by atoms with van der Waals surface area (Å²) in [4.78, 5) is 10.7. The van der Waals surface area contributed by atoms with E-state index in [1.807, 2.05) is 0 Å². The van der Waals surface area contributed by atoms with Crippen LogP contribution >= 0.6 is 0 Å². The van der Waals surface area contributed by atoms with Gasteiger partial charge in [-0.15, -0.1) is 0 Å². The normalized spacial score (nSPS) is 42.6. The van der Waals surface area contributed by atoms with Gasteiger partial charge in [0.15, 0.2) is 0 Å². The predicted octanol–water partition coefficient (Wildman–Crippen LogP) is 1.71. The van der Waals surface area contributed by atoms with Crippen molar-refractivity contribution in [2.45, 2.75) is 38.4 Å². The Balaban J connectivity index is 2.02. The Kier molecular flexibility index (Phi) is 1.51. The van der Waals surface area contributed by atoms with E-state index in [-0.39, 0.29) is 12.2 Å². The Bertz CT molecular complexity index is 178. The summed E-state index contributed by atoms with van der Waals surface area (Å²) in [6.45, 7) is 2.18. The van der Waals surface area contributed by atoms with Crippen LogP contribution in [0.25, 0.3) is 0 Å². The molecule has 3 nitrogen and oxygen atoms in total. The van der Waals surface area contributed by atoms with Crippen LogP contribution in [0.5, 0.6) is 0 Å². The summed E-state index contributed by atoms with van der Waals surface area (Å²) in [6, 6.07) is 0. The number of rotatable bonds is 0. The van der Waals surface area contributed by atoms with Crippen molar-refractivity contribution in [3.05, 3.63) is 0 Å². The van der Waals surface area contributed by atoms with Gasteiger partial charge in [0.25, 0.3) is 0 Å². The van der Waals surface area contributed by atoms with Crippen molar-refractivity contribution in [3.8, 4) is 0 Å². The summed E-state index contributed by atoms with van der Waals surface area (Å²) in [5, 5.41) is 0. The van der Waals surface area contributed by atoms with Gasteiger partial charge in [0.1, 0.15) is 12.2 Å². The minimum absolute atomic E-state index is 0.0475. The minimum Gasteiger partial charge on any atom is -0.427 e. The Hall–Kier alpha value is -0.730. The summed E-state index contributed by atoms with van der Waals surface area (Å²) in [7, 11) is 0. The molecule has 3 atom stereocenters. The molecule has 11 heavy (non-hydrogen) atoms. The van der Waals surface area contributed by atoms with Gasteiger partial charge in [-0.05, 0) is 25.2 Å². The van der Waals surface area contributed by atoms with Crippen LogP contribution in [-0.2, 0) is 9.47 Å². The first-order chi connectivity index (χ1) is 5.25. The number of ether oxygens (including phenoxy) is 2. The van der Waals surface area contributed by atoms with Gasteiger partial charge in [0.2, 0.25) is 0 Å². The maximum absolute atomic E-state index is 10.7. The number of fused-ring (bicyclic) bond motifs is 1. The van der Waals surface area contributed by atoms with Crippen molar-refractivity contribution < 1.29 is 14.3 Å². The first-order valence-electron chi connectivity index (χ1n) is 4.13. The molecule has 0 bridgehead atoms. The summed E-state index contributed by atoms with van der Waals surface area (Å²) in [6.07, 6.45) is 2.71. The minimum atomic E-state index is -0.478. The van der Waals surface area contributed by atoms with Crippen molar-refractivity contribution in [1.29, 1.82) is 0 Å². The molecule has 1 aliphatic heterocycles. The molecule has 62 valence electrons. The van der Waals surface area contributed by atoms with Crippen molar-refractivity contribution in [1.82, 2.24) is 0 Å². The lowest BCUT2D eigenvalue weighted by molar-refractivity contribution is 0.0864. The molecule has 2 fully saturated rings. The van der Waals surface area contributed by atoms with Gasteiger partial charge in [-0.1, -0.05) is 6.92 Å². The fourth-order valence-electron chi connectivity index (χ4n) is 1.83. The Morgan fingerprint density at radius 2 is 2.00 bits per heavy atom. The summed E-state index contributed by atoms with van der Waals surface area (Å²) < 4.78 is 9.93. The smallest absolute Gasteiger partial charge is 0.427 e. The van der Waals surface area contributed by atoms with E-state index < -0.39 is 6.16 Å². The van der Waals surface area contributed by atoms with Gasteiger partial charge in [0.05, 0.1) is 0 Å². The van der Waals surface area contributed by atoms with Crippen LogP contribution in [0.4, 0.5) is 4.79 Å². The lowest BCUT2D eigenvalue weighted by Gasteiger charge is -2.25. The third kappa shape index (κ3) is 1.19.